The van der Waals surface area contributed by atoms with Crippen molar-refractivity contribution in [3.05, 3.63) is 57.6 Å². The van der Waals surface area contributed by atoms with E-state index in [0.717, 1.165) is 5.56 Å². The fourth-order valence-electron chi connectivity index (χ4n) is 2.20. The van der Waals surface area contributed by atoms with Gasteiger partial charge in [-0.05, 0) is 46.6 Å². The van der Waals surface area contributed by atoms with Crippen molar-refractivity contribution in [1.82, 2.24) is 0 Å². The Bertz CT molecular complexity index is 869. The largest absolute Gasteiger partial charge is 0.496 e. The second-order valence-corrected chi connectivity index (χ2v) is 6.02. The Kier molecular flexibility index (Phi) is 6.20. The summed E-state index contributed by atoms with van der Waals surface area (Å²) in [6, 6.07) is 12.7. The van der Waals surface area contributed by atoms with E-state index in [9.17, 15) is 10.1 Å². The van der Waals surface area contributed by atoms with Crippen LogP contribution in [-0.4, -0.2) is 20.1 Å². The molecule has 0 spiro atoms. The number of benzene rings is 2. The minimum Gasteiger partial charge on any atom is -0.496 e. The normalized spacial score (nSPS) is 10.8. The topological polar surface area (TPSA) is 71.3 Å². The van der Waals surface area contributed by atoms with E-state index in [-0.39, 0.29) is 5.57 Å². The lowest BCUT2D eigenvalue weighted by Gasteiger charge is -2.11. The molecule has 5 nitrogen and oxygen atoms in total. The zero-order valence-corrected chi connectivity index (χ0v) is 15.7. The highest BCUT2D eigenvalue weighted by Gasteiger charge is 2.14. The molecule has 0 aliphatic heterocycles. The number of rotatable bonds is 5. The molecular weight excluding hydrogens is 384 g/mol. The van der Waals surface area contributed by atoms with E-state index in [4.69, 9.17) is 9.47 Å². The highest BCUT2D eigenvalue weighted by molar-refractivity contribution is 9.10. The van der Waals surface area contributed by atoms with Gasteiger partial charge in [0.25, 0.3) is 5.91 Å². The number of ether oxygens (including phenoxy) is 2. The Labute approximate surface area is 155 Å². The van der Waals surface area contributed by atoms with Crippen LogP contribution in [-0.2, 0) is 4.79 Å². The number of carbonyl (C=O) groups is 1. The van der Waals surface area contributed by atoms with Crippen LogP contribution in [0.5, 0.6) is 11.5 Å². The van der Waals surface area contributed by atoms with Gasteiger partial charge in [-0.15, -0.1) is 0 Å². The van der Waals surface area contributed by atoms with Crippen LogP contribution in [0.15, 0.2) is 46.4 Å². The van der Waals surface area contributed by atoms with Crippen LogP contribution in [0.2, 0.25) is 0 Å². The molecule has 2 aromatic carbocycles. The van der Waals surface area contributed by atoms with Crippen LogP contribution in [0.1, 0.15) is 11.1 Å². The molecular formula is C19H17BrN2O3. The number of hydrogen-bond donors (Lipinski definition) is 1. The van der Waals surface area contributed by atoms with Gasteiger partial charge in [0, 0.05) is 17.3 Å². The predicted molar refractivity (Wildman–Crippen MR) is 101 cm³/mol. The molecule has 0 heterocycles. The van der Waals surface area contributed by atoms with Crippen LogP contribution >= 0.6 is 15.9 Å². The molecule has 2 rings (SSSR count). The monoisotopic (exact) mass is 400 g/mol. The second kappa shape index (κ2) is 8.36. The van der Waals surface area contributed by atoms with Gasteiger partial charge in [-0.2, -0.15) is 5.26 Å². The number of halogens is 1. The van der Waals surface area contributed by atoms with E-state index in [1.165, 1.54) is 13.2 Å². The molecule has 6 heteroatoms. The van der Waals surface area contributed by atoms with Crippen molar-refractivity contribution in [2.45, 2.75) is 6.92 Å². The van der Waals surface area contributed by atoms with Crippen LogP contribution in [0, 0.1) is 18.3 Å². The Morgan fingerprint density at radius 1 is 1.20 bits per heavy atom. The Balaban J connectivity index is 2.37. The first kappa shape index (κ1) is 18.6. The Hall–Kier alpha value is -2.78. The van der Waals surface area contributed by atoms with Gasteiger partial charge in [-0.3, -0.25) is 4.79 Å². The molecule has 0 saturated carbocycles. The van der Waals surface area contributed by atoms with Crippen molar-refractivity contribution in [2.75, 3.05) is 19.5 Å². The molecule has 0 atom stereocenters. The number of aryl methyl sites for hydroxylation is 1. The number of nitriles is 1. The third-order valence-corrected chi connectivity index (χ3v) is 4.18. The highest BCUT2D eigenvalue weighted by Crippen LogP contribution is 2.34. The number of carbonyl (C=O) groups excluding carboxylic acids is 1. The van der Waals surface area contributed by atoms with Crippen molar-refractivity contribution in [3.8, 4) is 17.6 Å². The Morgan fingerprint density at radius 2 is 1.88 bits per heavy atom. The van der Waals surface area contributed by atoms with E-state index in [1.54, 1.807) is 25.3 Å². The average molecular weight is 401 g/mol. The fraction of sp³-hybridized carbons (Fsp3) is 0.158. The lowest BCUT2D eigenvalue weighted by atomic mass is 10.1. The number of methoxy groups -OCH3 is 2. The zero-order chi connectivity index (χ0) is 18.4. The van der Waals surface area contributed by atoms with E-state index in [1.807, 2.05) is 31.2 Å². The van der Waals surface area contributed by atoms with Crippen LogP contribution in [0.25, 0.3) is 6.08 Å². The summed E-state index contributed by atoms with van der Waals surface area (Å²) in [6.07, 6.45) is 1.48. The first-order valence-corrected chi connectivity index (χ1v) is 8.19. The van der Waals surface area contributed by atoms with Crippen molar-refractivity contribution >= 4 is 33.6 Å². The summed E-state index contributed by atoms with van der Waals surface area (Å²) in [5, 5.41) is 12.1. The van der Waals surface area contributed by atoms with E-state index >= 15 is 0 Å². The summed E-state index contributed by atoms with van der Waals surface area (Å²) in [5.41, 5.74) is 2.14. The minimum atomic E-state index is -0.481. The fourth-order valence-corrected chi connectivity index (χ4v) is 2.73. The minimum absolute atomic E-state index is 0.0291. The molecule has 25 heavy (non-hydrogen) atoms. The number of nitrogens with one attached hydrogen (secondary N) is 1. The standard InChI is InChI=1S/C19H17BrN2O3/c1-12-6-4-5-7-16(12)22-19(23)14(11-21)8-13-9-15(20)18(25-3)10-17(13)24-2/h4-10H,1-3H3,(H,22,23)/b14-8-. The molecule has 0 fully saturated rings. The summed E-state index contributed by atoms with van der Waals surface area (Å²) in [7, 11) is 3.06. The van der Waals surface area contributed by atoms with Gasteiger partial charge in [-0.1, -0.05) is 18.2 Å². The van der Waals surface area contributed by atoms with Gasteiger partial charge in [0.15, 0.2) is 0 Å². The third kappa shape index (κ3) is 4.40. The van der Waals surface area contributed by atoms with Crippen molar-refractivity contribution < 1.29 is 14.3 Å². The van der Waals surface area contributed by atoms with E-state index in [0.29, 0.717) is 27.2 Å². The third-order valence-electron chi connectivity index (χ3n) is 3.56. The molecule has 0 saturated heterocycles. The van der Waals surface area contributed by atoms with E-state index in [2.05, 4.69) is 21.2 Å². The smallest absolute Gasteiger partial charge is 0.266 e. The lowest BCUT2D eigenvalue weighted by molar-refractivity contribution is -0.112. The SMILES string of the molecule is COc1cc(OC)c(/C=C(/C#N)C(=O)Nc2ccccc2C)cc1Br. The molecule has 0 radical (unpaired) electrons. The summed E-state index contributed by atoms with van der Waals surface area (Å²) < 4.78 is 11.2. The lowest BCUT2D eigenvalue weighted by Crippen LogP contribution is -2.14. The predicted octanol–water partition coefficient (Wildman–Crippen LogP) is 4.32. The zero-order valence-electron chi connectivity index (χ0n) is 14.1. The number of para-hydroxylation sites is 1. The van der Waals surface area contributed by atoms with Crippen LogP contribution in [0.3, 0.4) is 0 Å². The maximum absolute atomic E-state index is 12.4. The van der Waals surface area contributed by atoms with Crippen LogP contribution < -0.4 is 14.8 Å². The van der Waals surface area contributed by atoms with Crippen molar-refractivity contribution in [2.24, 2.45) is 0 Å². The molecule has 0 aromatic heterocycles. The number of nitrogens with zero attached hydrogens (tertiary/aromatic N) is 1. The number of amides is 1. The quantitative estimate of drug-likeness (QED) is 0.599. The van der Waals surface area contributed by atoms with Gasteiger partial charge >= 0.3 is 0 Å². The molecule has 1 N–H and O–H groups in total. The summed E-state index contributed by atoms with van der Waals surface area (Å²) in [5.74, 6) is 0.610. The Morgan fingerprint density at radius 3 is 2.48 bits per heavy atom. The molecule has 0 aliphatic carbocycles. The first-order chi connectivity index (χ1) is 12.0. The number of hydrogen-bond acceptors (Lipinski definition) is 4. The van der Waals surface area contributed by atoms with Gasteiger partial charge in [0.2, 0.25) is 0 Å². The molecule has 2 aromatic rings. The maximum atomic E-state index is 12.4. The summed E-state index contributed by atoms with van der Waals surface area (Å²) >= 11 is 3.39. The summed E-state index contributed by atoms with van der Waals surface area (Å²) in [6.45, 7) is 1.88. The van der Waals surface area contributed by atoms with Gasteiger partial charge in [0.05, 0.1) is 18.7 Å². The molecule has 128 valence electrons. The number of anilines is 1. The maximum Gasteiger partial charge on any atom is 0.266 e. The van der Waals surface area contributed by atoms with Gasteiger partial charge < -0.3 is 14.8 Å². The molecule has 1 amide bonds. The summed E-state index contributed by atoms with van der Waals surface area (Å²) in [4.78, 5) is 12.4. The van der Waals surface area contributed by atoms with E-state index < -0.39 is 5.91 Å². The van der Waals surface area contributed by atoms with Crippen molar-refractivity contribution in [1.29, 1.82) is 5.26 Å². The second-order valence-electron chi connectivity index (χ2n) is 5.17. The van der Waals surface area contributed by atoms with Gasteiger partial charge in [0.1, 0.15) is 23.1 Å². The molecule has 0 aliphatic rings. The van der Waals surface area contributed by atoms with Crippen molar-refractivity contribution in [3.63, 3.8) is 0 Å². The molecule has 0 unspecified atom stereocenters. The average Bonchev–Trinajstić information content (AvgIpc) is 2.61. The molecule has 0 bridgehead atoms. The van der Waals surface area contributed by atoms with Gasteiger partial charge in [-0.25, -0.2) is 0 Å². The highest BCUT2D eigenvalue weighted by atomic mass is 79.9. The first-order valence-electron chi connectivity index (χ1n) is 7.40. The van der Waals surface area contributed by atoms with Crippen LogP contribution in [0.4, 0.5) is 5.69 Å².